The van der Waals surface area contributed by atoms with Crippen molar-refractivity contribution in [2.75, 3.05) is 0 Å². The van der Waals surface area contributed by atoms with E-state index >= 15 is 0 Å². The molecule has 0 radical (unpaired) electrons. The summed E-state index contributed by atoms with van der Waals surface area (Å²) >= 11 is -5.34. The molecule has 0 aliphatic heterocycles. The molecule has 0 saturated carbocycles. The first-order chi connectivity index (χ1) is 27.2. The van der Waals surface area contributed by atoms with E-state index < -0.39 is 34.8 Å². The molecule has 0 amide bonds. The fraction of sp³-hybridized carbons (Fsp3) is 0. The van der Waals surface area contributed by atoms with Gasteiger partial charge in [-0.3, -0.25) is 0 Å². The predicted octanol–water partition coefficient (Wildman–Crippen LogP) is 7.33. The van der Waals surface area contributed by atoms with Crippen LogP contribution in [0.25, 0.3) is 0 Å². The molecule has 0 N–H and O–H groups in total. The van der Waals surface area contributed by atoms with Gasteiger partial charge in [0.2, 0.25) is 0 Å². The zero-order valence-corrected chi connectivity index (χ0v) is 33.8. The first-order valence-corrected chi connectivity index (χ1v) is 24.8. The Bertz CT molecular complexity index is 1990. The molecule has 0 aliphatic rings. The second-order valence-corrected chi connectivity index (χ2v) is 23.8. The third kappa shape index (κ3) is 7.70. The van der Waals surface area contributed by atoms with Crippen LogP contribution in [0.1, 0.15) is 0 Å². The monoisotopic (exact) mass is 784 g/mol. The number of hydrogen-bond acceptors (Lipinski definition) is 4. The van der Waals surface area contributed by atoms with Gasteiger partial charge in [0, 0.05) is 0 Å². The van der Waals surface area contributed by atoms with Crippen molar-refractivity contribution in [2.24, 2.45) is 0 Å². The molecule has 0 unspecified atom stereocenters. The first kappa shape index (κ1) is 36.4. The van der Waals surface area contributed by atoms with Crippen LogP contribution in [0.15, 0.2) is 243 Å². The van der Waals surface area contributed by atoms with Crippen LogP contribution in [0.2, 0.25) is 0 Å². The molecule has 0 saturated heterocycles. The van der Waals surface area contributed by atoms with E-state index in [0.717, 1.165) is 31.1 Å². The van der Waals surface area contributed by atoms with Gasteiger partial charge in [-0.05, 0) is 0 Å². The molecule has 0 atom stereocenters. The Labute approximate surface area is 330 Å². The molecule has 268 valence electrons. The fourth-order valence-corrected chi connectivity index (χ4v) is 24.5. The van der Waals surface area contributed by atoms with E-state index in [9.17, 15) is 0 Å². The molecular weight excluding hydrogens is 745 g/mol. The van der Waals surface area contributed by atoms with Gasteiger partial charge in [-0.2, -0.15) is 0 Å². The van der Waals surface area contributed by atoms with E-state index in [1.165, 1.54) is 0 Å². The van der Waals surface area contributed by atoms with Crippen molar-refractivity contribution in [1.29, 1.82) is 0 Å². The SMILES string of the molecule is c1ccc([O][Ti]([O]c2ccccc2)([O][Si](c2ccccc2)(c2ccccc2)c2ccccc2)[O][Si](c2ccccc2)(c2ccccc2)c2ccccc2)cc1. The molecule has 0 spiro atoms. The van der Waals surface area contributed by atoms with Crippen LogP contribution in [0, 0.1) is 0 Å². The van der Waals surface area contributed by atoms with Crippen LogP contribution in [-0.2, 0) is 24.2 Å². The quantitative estimate of drug-likeness (QED) is 0.0856. The van der Waals surface area contributed by atoms with Crippen molar-refractivity contribution >= 4 is 47.8 Å². The maximum atomic E-state index is 8.21. The van der Waals surface area contributed by atoms with Gasteiger partial charge < -0.3 is 0 Å². The van der Waals surface area contributed by atoms with Gasteiger partial charge in [0.05, 0.1) is 0 Å². The molecule has 0 heterocycles. The summed E-state index contributed by atoms with van der Waals surface area (Å²) in [5, 5.41) is 6.28. The Morgan fingerprint density at radius 3 is 0.618 bits per heavy atom. The second-order valence-electron chi connectivity index (χ2n) is 13.1. The minimum absolute atomic E-state index is 0.604. The molecule has 0 aliphatic carbocycles. The Hall–Kier alpha value is -5.57. The summed E-state index contributed by atoms with van der Waals surface area (Å²) in [5.74, 6) is 1.21. The Morgan fingerprint density at radius 1 is 0.236 bits per heavy atom. The standard InChI is InChI=1S/2C18H15OSi.2C6H6O.Ti/c2*19-20(16-10-4-1-5-11-16,17-12-6-2-7-13-17)18-14-8-3-9-15-18;2*7-6-4-2-1-3-5-6;/h2*1-15H;2*1-5,7H;/q2*-1;;;+4/p-2. The summed E-state index contributed by atoms with van der Waals surface area (Å²) in [6.07, 6.45) is 0. The summed E-state index contributed by atoms with van der Waals surface area (Å²) in [4.78, 5) is 0. The third-order valence-corrected chi connectivity index (χ3v) is 24.3. The normalized spacial score (nSPS) is 11.8. The van der Waals surface area contributed by atoms with Crippen LogP contribution in [0.3, 0.4) is 0 Å². The van der Waals surface area contributed by atoms with E-state index in [1.54, 1.807) is 0 Å². The molecule has 8 aromatic rings. The zero-order chi connectivity index (χ0) is 37.2. The average molecular weight is 785 g/mol. The average Bonchev–Trinajstić information content (AvgIpc) is 3.27. The van der Waals surface area contributed by atoms with Gasteiger partial charge in [0.15, 0.2) is 0 Å². The summed E-state index contributed by atoms with van der Waals surface area (Å²) in [5.41, 5.74) is 0. The molecule has 0 aromatic heterocycles. The van der Waals surface area contributed by atoms with Crippen LogP contribution in [0.4, 0.5) is 0 Å². The number of rotatable bonds is 14. The molecule has 7 heteroatoms. The van der Waals surface area contributed by atoms with Crippen molar-refractivity contribution in [3.63, 3.8) is 0 Å². The molecule has 0 fully saturated rings. The minimum atomic E-state index is -5.34. The van der Waals surface area contributed by atoms with Crippen LogP contribution in [-0.4, -0.2) is 16.6 Å². The third-order valence-electron chi connectivity index (χ3n) is 9.61. The van der Waals surface area contributed by atoms with E-state index in [4.69, 9.17) is 12.7 Å². The predicted molar refractivity (Wildman–Crippen MR) is 224 cm³/mol. The van der Waals surface area contributed by atoms with Crippen molar-refractivity contribution in [1.82, 2.24) is 0 Å². The van der Waals surface area contributed by atoms with Crippen molar-refractivity contribution in [3.8, 4) is 11.5 Å². The van der Waals surface area contributed by atoms with Gasteiger partial charge in [0.1, 0.15) is 0 Å². The second kappa shape index (κ2) is 16.8. The molecule has 8 rings (SSSR count). The van der Waals surface area contributed by atoms with Crippen LogP contribution in [0.5, 0.6) is 11.5 Å². The first-order valence-electron chi connectivity index (χ1n) is 18.4. The van der Waals surface area contributed by atoms with E-state index in [2.05, 4.69) is 146 Å². The van der Waals surface area contributed by atoms with E-state index in [0.29, 0.717) is 11.5 Å². The molecule has 55 heavy (non-hydrogen) atoms. The maximum absolute atomic E-state index is 8.21. The Balaban J connectivity index is 1.49. The van der Waals surface area contributed by atoms with E-state index in [1.807, 2.05) is 97.1 Å². The van der Waals surface area contributed by atoms with Crippen LogP contribution < -0.4 is 37.8 Å². The number of benzene rings is 8. The van der Waals surface area contributed by atoms with Crippen molar-refractivity contribution < 1.29 is 30.8 Å². The summed E-state index contributed by atoms with van der Waals surface area (Å²) in [6.45, 7) is 0. The van der Waals surface area contributed by atoms with Gasteiger partial charge in [-0.15, -0.1) is 0 Å². The van der Waals surface area contributed by atoms with Crippen molar-refractivity contribution in [3.05, 3.63) is 243 Å². The Kier molecular flexibility index (Phi) is 11.1. The van der Waals surface area contributed by atoms with Crippen molar-refractivity contribution in [2.45, 2.75) is 0 Å². The van der Waals surface area contributed by atoms with E-state index in [-0.39, 0.29) is 0 Å². The fourth-order valence-electron chi connectivity index (χ4n) is 7.16. The molecule has 4 nitrogen and oxygen atoms in total. The molecule has 0 bridgehead atoms. The topological polar surface area (TPSA) is 36.9 Å². The Morgan fingerprint density at radius 2 is 0.418 bits per heavy atom. The number of hydrogen-bond donors (Lipinski definition) is 0. The number of para-hydroxylation sites is 2. The zero-order valence-electron chi connectivity index (χ0n) is 30.2. The summed E-state index contributed by atoms with van der Waals surface area (Å²) in [6, 6.07) is 82.9. The molecule has 8 aromatic carbocycles. The van der Waals surface area contributed by atoms with Crippen LogP contribution >= 0.6 is 0 Å². The van der Waals surface area contributed by atoms with Gasteiger partial charge >= 0.3 is 333 Å². The van der Waals surface area contributed by atoms with Gasteiger partial charge in [0.25, 0.3) is 0 Å². The van der Waals surface area contributed by atoms with Gasteiger partial charge in [-0.1, -0.05) is 0 Å². The summed E-state index contributed by atoms with van der Waals surface area (Å²) < 4.78 is 31.3. The van der Waals surface area contributed by atoms with Gasteiger partial charge in [-0.25, -0.2) is 0 Å². The summed E-state index contributed by atoms with van der Waals surface area (Å²) in [7, 11) is -7.08. The molecular formula is C48H40O4Si2Ti.